The summed E-state index contributed by atoms with van der Waals surface area (Å²) in [7, 11) is 0. The lowest BCUT2D eigenvalue weighted by Crippen LogP contribution is -2.58. The molecule has 0 bridgehead atoms. The van der Waals surface area contributed by atoms with Crippen molar-refractivity contribution >= 4 is 11.7 Å². The lowest BCUT2D eigenvalue weighted by atomic mass is 9.90. The fourth-order valence-electron chi connectivity index (χ4n) is 4.54. The second-order valence-corrected chi connectivity index (χ2v) is 7.60. The number of nitriles is 1. The van der Waals surface area contributed by atoms with Gasteiger partial charge in [-0.25, -0.2) is 4.98 Å². The van der Waals surface area contributed by atoms with Gasteiger partial charge in [0.1, 0.15) is 11.9 Å². The number of nitrogens with zero attached hydrogens (tertiary/aromatic N) is 5. The number of morpholine rings is 1. The Morgan fingerprint density at radius 1 is 1.22 bits per heavy atom. The molecule has 0 radical (unpaired) electrons. The summed E-state index contributed by atoms with van der Waals surface area (Å²) in [5, 5.41) is 9.27. The van der Waals surface area contributed by atoms with Crippen LogP contribution in [0, 0.1) is 11.3 Å². The molecule has 7 heteroatoms. The van der Waals surface area contributed by atoms with Gasteiger partial charge >= 0.3 is 0 Å². The average molecular weight is 369 g/mol. The number of carbonyl (C=O) groups excluding carboxylic acids is 1. The molecule has 1 aromatic heterocycles. The van der Waals surface area contributed by atoms with E-state index >= 15 is 0 Å². The van der Waals surface area contributed by atoms with Crippen molar-refractivity contribution < 1.29 is 9.53 Å². The van der Waals surface area contributed by atoms with E-state index in [9.17, 15) is 10.1 Å². The molecule has 0 spiro atoms. The molecule has 3 fully saturated rings. The van der Waals surface area contributed by atoms with Crippen LogP contribution in [0.2, 0.25) is 0 Å². The lowest BCUT2D eigenvalue weighted by Gasteiger charge is -2.44. The molecule has 3 aliphatic rings. The third kappa shape index (κ3) is 3.92. The van der Waals surface area contributed by atoms with E-state index in [1.54, 1.807) is 18.3 Å². The molecule has 144 valence electrons. The number of hydrogen-bond donors (Lipinski definition) is 0. The molecule has 2 aliphatic heterocycles. The van der Waals surface area contributed by atoms with Crippen molar-refractivity contribution in [1.29, 1.82) is 5.26 Å². The topological polar surface area (TPSA) is 72.7 Å². The maximum atomic E-state index is 12.9. The van der Waals surface area contributed by atoms with Gasteiger partial charge in [-0.1, -0.05) is 12.8 Å². The van der Waals surface area contributed by atoms with E-state index in [-0.39, 0.29) is 18.1 Å². The second kappa shape index (κ2) is 8.24. The minimum atomic E-state index is 0.235. The molecule has 4 rings (SSSR count). The van der Waals surface area contributed by atoms with Crippen LogP contribution in [0.3, 0.4) is 0 Å². The molecule has 3 heterocycles. The van der Waals surface area contributed by atoms with Gasteiger partial charge in [0, 0.05) is 38.9 Å². The Labute approximate surface area is 160 Å². The van der Waals surface area contributed by atoms with Crippen molar-refractivity contribution in [3.05, 3.63) is 23.9 Å². The first-order valence-electron chi connectivity index (χ1n) is 10.00. The van der Waals surface area contributed by atoms with E-state index < -0.39 is 0 Å². The summed E-state index contributed by atoms with van der Waals surface area (Å²) in [6, 6.07) is 6.08. The first-order valence-corrected chi connectivity index (χ1v) is 10.00. The third-order valence-electron chi connectivity index (χ3n) is 5.99. The summed E-state index contributed by atoms with van der Waals surface area (Å²) in [5.74, 6) is 0.989. The predicted octanol–water partition coefficient (Wildman–Crippen LogP) is 1.25. The highest BCUT2D eigenvalue weighted by Gasteiger charge is 2.37. The summed E-state index contributed by atoms with van der Waals surface area (Å²) in [5.41, 5.74) is 0.610. The van der Waals surface area contributed by atoms with Crippen molar-refractivity contribution in [1.82, 2.24) is 14.8 Å². The highest BCUT2D eigenvalue weighted by molar-refractivity contribution is 5.79. The number of anilines is 1. The van der Waals surface area contributed by atoms with Gasteiger partial charge in [-0.2, -0.15) is 5.26 Å². The van der Waals surface area contributed by atoms with Crippen LogP contribution in [0.15, 0.2) is 18.3 Å². The first-order chi connectivity index (χ1) is 13.3. The van der Waals surface area contributed by atoms with Crippen LogP contribution in [0.4, 0.5) is 5.82 Å². The van der Waals surface area contributed by atoms with Crippen LogP contribution in [0.5, 0.6) is 0 Å². The van der Waals surface area contributed by atoms with Gasteiger partial charge in [-0.15, -0.1) is 0 Å². The van der Waals surface area contributed by atoms with Gasteiger partial charge in [0.15, 0.2) is 0 Å². The highest BCUT2D eigenvalue weighted by Crippen LogP contribution is 2.28. The Bertz CT molecular complexity index is 709. The molecule has 2 atom stereocenters. The molecular formula is C20H27N5O2. The number of hydrogen-bond acceptors (Lipinski definition) is 6. The summed E-state index contributed by atoms with van der Waals surface area (Å²) >= 11 is 0. The first kappa shape index (κ1) is 18.2. The molecule has 0 N–H and O–H groups in total. The van der Waals surface area contributed by atoms with Gasteiger partial charge in [0.05, 0.1) is 30.9 Å². The average Bonchev–Trinajstić information content (AvgIpc) is 2.74. The smallest absolute Gasteiger partial charge is 0.237 e. The van der Waals surface area contributed by atoms with Crippen molar-refractivity contribution in [3.8, 4) is 6.07 Å². The van der Waals surface area contributed by atoms with Crippen molar-refractivity contribution in [3.63, 3.8) is 0 Å². The Hall–Kier alpha value is -2.17. The van der Waals surface area contributed by atoms with Crippen LogP contribution < -0.4 is 4.90 Å². The van der Waals surface area contributed by atoms with Crippen LogP contribution >= 0.6 is 0 Å². The summed E-state index contributed by atoms with van der Waals surface area (Å²) in [6.07, 6.45) is 6.52. The zero-order valence-electron chi connectivity index (χ0n) is 15.7. The SMILES string of the molecule is N#Cc1cccnc1N1CCN(CC(=O)N2CCOC3CCCCC32)CC1. The molecule has 1 aromatic rings. The molecule has 1 amide bonds. The number of rotatable bonds is 3. The predicted molar refractivity (Wildman–Crippen MR) is 101 cm³/mol. The number of carbonyl (C=O) groups is 1. The largest absolute Gasteiger partial charge is 0.374 e. The number of pyridine rings is 1. The van der Waals surface area contributed by atoms with Crippen molar-refractivity contribution in [2.24, 2.45) is 0 Å². The molecule has 1 saturated carbocycles. The monoisotopic (exact) mass is 369 g/mol. The standard InChI is InChI=1S/C20H27N5O2/c21-14-16-4-3-7-22-20(16)24-10-8-23(9-11-24)15-19(26)25-12-13-27-18-6-2-1-5-17(18)25/h3-4,7,17-18H,1-2,5-6,8-13,15H2. The summed E-state index contributed by atoms with van der Waals surface area (Å²) in [6.45, 7) is 5.06. The minimum Gasteiger partial charge on any atom is -0.374 e. The molecule has 2 saturated heterocycles. The van der Waals surface area contributed by atoms with Gasteiger partial charge in [0.25, 0.3) is 0 Å². The third-order valence-corrected chi connectivity index (χ3v) is 5.99. The fourth-order valence-corrected chi connectivity index (χ4v) is 4.54. The minimum absolute atomic E-state index is 0.235. The van der Waals surface area contributed by atoms with Crippen molar-refractivity contribution in [2.45, 2.75) is 37.8 Å². The number of piperazine rings is 1. The van der Waals surface area contributed by atoms with Gasteiger partial charge < -0.3 is 14.5 Å². The van der Waals surface area contributed by atoms with E-state index in [4.69, 9.17) is 4.74 Å². The zero-order chi connectivity index (χ0) is 18.6. The Morgan fingerprint density at radius 3 is 2.85 bits per heavy atom. The number of ether oxygens (including phenoxy) is 1. The number of aromatic nitrogens is 1. The molecule has 0 aromatic carbocycles. The van der Waals surface area contributed by atoms with E-state index in [0.717, 1.165) is 51.4 Å². The molecule has 27 heavy (non-hydrogen) atoms. The van der Waals surface area contributed by atoms with E-state index in [2.05, 4.69) is 25.8 Å². The van der Waals surface area contributed by atoms with Gasteiger partial charge in [-0.05, 0) is 25.0 Å². The van der Waals surface area contributed by atoms with Gasteiger partial charge in [0.2, 0.25) is 5.91 Å². The second-order valence-electron chi connectivity index (χ2n) is 7.60. The normalized spacial score (nSPS) is 26.3. The number of fused-ring (bicyclic) bond motifs is 1. The molecule has 1 aliphatic carbocycles. The lowest BCUT2D eigenvalue weighted by molar-refractivity contribution is -0.150. The maximum absolute atomic E-state index is 12.9. The number of amides is 1. The van der Waals surface area contributed by atoms with E-state index in [0.29, 0.717) is 18.7 Å². The molecular weight excluding hydrogens is 342 g/mol. The quantitative estimate of drug-likeness (QED) is 0.798. The molecule has 7 nitrogen and oxygen atoms in total. The van der Waals surface area contributed by atoms with Crippen LogP contribution in [0.25, 0.3) is 0 Å². The van der Waals surface area contributed by atoms with Crippen LogP contribution in [0.1, 0.15) is 31.2 Å². The zero-order valence-corrected chi connectivity index (χ0v) is 15.7. The maximum Gasteiger partial charge on any atom is 0.237 e. The molecule has 2 unspecified atom stereocenters. The van der Waals surface area contributed by atoms with E-state index in [1.807, 2.05) is 0 Å². The van der Waals surface area contributed by atoms with E-state index in [1.165, 1.54) is 12.8 Å². The van der Waals surface area contributed by atoms with Crippen LogP contribution in [-0.4, -0.2) is 78.7 Å². The van der Waals surface area contributed by atoms with Crippen LogP contribution in [-0.2, 0) is 9.53 Å². The highest BCUT2D eigenvalue weighted by atomic mass is 16.5. The Morgan fingerprint density at radius 2 is 2.04 bits per heavy atom. The van der Waals surface area contributed by atoms with Gasteiger partial charge in [-0.3, -0.25) is 9.69 Å². The van der Waals surface area contributed by atoms with Crippen molar-refractivity contribution in [2.75, 3.05) is 50.8 Å². The Kier molecular flexibility index (Phi) is 5.55. The fraction of sp³-hybridized carbons (Fsp3) is 0.650. The Balaban J connectivity index is 1.32. The summed E-state index contributed by atoms with van der Waals surface area (Å²) < 4.78 is 5.89. The summed E-state index contributed by atoms with van der Waals surface area (Å²) in [4.78, 5) is 23.7.